The minimum absolute atomic E-state index is 0. The maximum Gasteiger partial charge on any atom is 0.332 e. The van der Waals surface area contributed by atoms with Gasteiger partial charge in [0.05, 0.1) is 5.39 Å². The number of carbonyl (C=O) groups excluding carboxylic acids is 1. The average Bonchev–Trinajstić information content (AvgIpc) is 3.10. The lowest BCUT2D eigenvalue weighted by molar-refractivity contribution is 0.0738. The van der Waals surface area contributed by atoms with Crippen LogP contribution in [0, 0.1) is 0 Å². The average molecular weight is 390 g/mol. The molecule has 1 aliphatic heterocycles. The van der Waals surface area contributed by atoms with Crippen LogP contribution in [-0.2, 0) is 14.1 Å². The fourth-order valence-electron chi connectivity index (χ4n) is 2.89. The molecule has 3 heterocycles. The Bertz CT molecular complexity index is 902. The summed E-state index contributed by atoms with van der Waals surface area (Å²) in [4.78, 5) is 42.7. The Morgan fingerprint density at radius 2 is 1.92 bits per heavy atom. The molecule has 0 aliphatic carbocycles. The predicted molar refractivity (Wildman–Crippen MR) is 100 cm³/mol. The summed E-state index contributed by atoms with van der Waals surface area (Å²) in [6.07, 6.45) is 0.898. The smallest absolute Gasteiger partial charge is 0.332 e. The highest BCUT2D eigenvalue weighted by molar-refractivity contribution is 5.94. The summed E-state index contributed by atoms with van der Waals surface area (Å²) in [5, 5.41) is 3.53. The van der Waals surface area contributed by atoms with E-state index in [0.29, 0.717) is 5.39 Å². The minimum atomic E-state index is -0.465. The van der Waals surface area contributed by atoms with Crippen LogP contribution in [0.4, 0.5) is 0 Å². The van der Waals surface area contributed by atoms with E-state index in [0.717, 1.165) is 24.1 Å². The summed E-state index contributed by atoms with van der Waals surface area (Å²) in [6, 6.07) is 3.22. The van der Waals surface area contributed by atoms with Crippen molar-refractivity contribution in [1.82, 2.24) is 24.3 Å². The molecule has 0 radical (unpaired) electrons. The molecule has 0 bridgehead atoms. The van der Waals surface area contributed by atoms with Crippen LogP contribution < -0.4 is 16.6 Å². The lowest BCUT2D eigenvalue weighted by Gasteiger charge is -2.23. The molecule has 0 saturated carbocycles. The van der Waals surface area contributed by atoms with E-state index in [1.165, 1.54) is 24.7 Å². The van der Waals surface area contributed by atoms with Crippen LogP contribution in [0.15, 0.2) is 21.7 Å². The first-order valence-corrected chi connectivity index (χ1v) is 7.46. The van der Waals surface area contributed by atoms with Crippen LogP contribution >= 0.6 is 24.8 Å². The van der Waals surface area contributed by atoms with Gasteiger partial charge in [0.1, 0.15) is 11.3 Å². The van der Waals surface area contributed by atoms with Gasteiger partial charge in [0.2, 0.25) is 0 Å². The first-order chi connectivity index (χ1) is 10.9. The molecule has 1 unspecified atom stereocenters. The number of nitrogens with zero attached hydrogens (tertiary/aromatic N) is 4. The number of pyridine rings is 1. The number of aryl methyl sites for hydroxylation is 1. The molecular formula is C15H21Cl2N5O3. The third-order valence-corrected chi connectivity index (χ3v) is 4.42. The van der Waals surface area contributed by atoms with Gasteiger partial charge in [-0.25, -0.2) is 9.78 Å². The van der Waals surface area contributed by atoms with Crippen molar-refractivity contribution in [2.75, 3.05) is 20.1 Å². The topological polar surface area (TPSA) is 89.2 Å². The highest BCUT2D eigenvalue weighted by Gasteiger charge is 2.25. The zero-order valence-corrected chi connectivity index (χ0v) is 15.8. The number of amides is 1. The molecule has 10 heteroatoms. The fraction of sp³-hybridized carbons (Fsp3) is 0.467. The first-order valence-electron chi connectivity index (χ1n) is 7.46. The Hall–Kier alpha value is -1.90. The largest absolute Gasteiger partial charge is 0.336 e. The van der Waals surface area contributed by atoms with Crippen LogP contribution in [-0.4, -0.2) is 51.1 Å². The Morgan fingerprint density at radius 1 is 1.24 bits per heavy atom. The van der Waals surface area contributed by atoms with E-state index in [1.807, 2.05) is 0 Å². The van der Waals surface area contributed by atoms with Crippen LogP contribution in [0.5, 0.6) is 0 Å². The second kappa shape index (κ2) is 7.99. The normalized spacial score (nSPS) is 16.2. The van der Waals surface area contributed by atoms with Crippen molar-refractivity contribution in [3.8, 4) is 0 Å². The van der Waals surface area contributed by atoms with Gasteiger partial charge in [-0.3, -0.25) is 18.7 Å². The molecule has 138 valence electrons. The van der Waals surface area contributed by atoms with Gasteiger partial charge in [-0.05, 0) is 25.1 Å². The van der Waals surface area contributed by atoms with Crippen molar-refractivity contribution >= 4 is 41.8 Å². The lowest BCUT2D eigenvalue weighted by Crippen LogP contribution is -2.39. The van der Waals surface area contributed by atoms with Gasteiger partial charge in [-0.15, -0.1) is 24.8 Å². The molecule has 1 N–H and O–H groups in total. The Morgan fingerprint density at radius 3 is 2.52 bits per heavy atom. The van der Waals surface area contributed by atoms with Crippen molar-refractivity contribution < 1.29 is 4.79 Å². The zero-order chi connectivity index (χ0) is 16.7. The first kappa shape index (κ1) is 21.1. The highest BCUT2D eigenvalue weighted by Crippen LogP contribution is 2.12. The van der Waals surface area contributed by atoms with E-state index in [9.17, 15) is 14.4 Å². The number of hydrogen-bond acceptors (Lipinski definition) is 5. The molecular weight excluding hydrogens is 369 g/mol. The minimum Gasteiger partial charge on any atom is -0.336 e. The van der Waals surface area contributed by atoms with Crippen LogP contribution in [0.3, 0.4) is 0 Å². The van der Waals surface area contributed by atoms with E-state index in [-0.39, 0.29) is 48.1 Å². The fourth-order valence-corrected chi connectivity index (χ4v) is 2.89. The summed E-state index contributed by atoms with van der Waals surface area (Å²) < 4.78 is 2.31. The van der Waals surface area contributed by atoms with Gasteiger partial charge >= 0.3 is 5.69 Å². The van der Waals surface area contributed by atoms with Crippen molar-refractivity contribution in [1.29, 1.82) is 0 Å². The molecule has 1 amide bonds. The van der Waals surface area contributed by atoms with Crippen molar-refractivity contribution in [3.63, 3.8) is 0 Å². The Balaban J connectivity index is 0.00000156. The third kappa shape index (κ3) is 3.56. The molecule has 1 aliphatic rings. The van der Waals surface area contributed by atoms with Crippen LogP contribution in [0.1, 0.15) is 16.9 Å². The second-order valence-corrected chi connectivity index (χ2v) is 5.84. The van der Waals surface area contributed by atoms with Crippen molar-refractivity contribution in [3.05, 3.63) is 38.7 Å². The Kier molecular flexibility index (Phi) is 6.75. The quantitative estimate of drug-likeness (QED) is 0.774. The van der Waals surface area contributed by atoms with Crippen LogP contribution in [0.2, 0.25) is 0 Å². The predicted octanol–water partition coefficient (Wildman–Crippen LogP) is -0.0903. The third-order valence-electron chi connectivity index (χ3n) is 4.42. The number of aromatic nitrogens is 3. The number of fused-ring (bicyclic) bond motifs is 1. The highest BCUT2D eigenvalue weighted by atomic mass is 35.5. The van der Waals surface area contributed by atoms with Crippen molar-refractivity contribution in [2.45, 2.75) is 12.5 Å². The number of hydrogen-bond donors (Lipinski definition) is 1. The molecule has 2 aromatic rings. The maximum absolute atomic E-state index is 12.6. The lowest BCUT2D eigenvalue weighted by atomic mass is 10.2. The molecule has 1 atom stereocenters. The molecule has 3 rings (SSSR count). The number of nitrogens with one attached hydrogen (secondary N) is 1. The zero-order valence-electron chi connectivity index (χ0n) is 14.2. The van der Waals surface area contributed by atoms with Gasteiger partial charge in [0.25, 0.3) is 11.5 Å². The number of halogens is 2. The van der Waals surface area contributed by atoms with Gasteiger partial charge in [-0.1, -0.05) is 0 Å². The van der Waals surface area contributed by atoms with Crippen LogP contribution in [0.25, 0.3) is 11.0 Å². The number of likely N-dealkylation sites (N-methyl/N-ethyl adjacent to an activating group) is 1. The molecule has 8 nitrogen and oxygen atoms in total. The van der Waals surface area contributed by atoms with E-state index in [1.54, 1.807) is 18.0 Å². The number of rotatable bonds is 2. The molecule has 1 saturated heterocycles. The molecule has 1 fully saturated rings. The SMILES string of the molecule is CN(C(=O)c1ccc2c(=O)n(C)c(=O)n(C)c2n1)C1CCNC1.Cl.Cl. The van der Waals surface area contributed by atoms with E-state index in [2.05, 4.69) is 10.3 Å². The summed E-state index contributed by atoms with van der Waals surface area (Å²) in [7, 11) is 4.70. The maximum atomic E-state index is 12.6. The van der Waals surface area contributed by atoms with Gasteiger partial charge in [0.15, 0.2) is 0 Å². The van der Waals surface area contributed by atoms with E-state index < -0.39 is 11.2 Å². The second-order valence-electron chi connectivity index (χ2n) is 5.84. The standard InChI is InChI=1S/C15H19N5O3.2ClH/c1-18(9-6-7-16-8-9)14(22)11-5-4-10-12(17-11)19(2)15(23)20(3)13(10)21;;/h4-5,9,16H,6-8H2,1-3H3;2*1H. The van der Waals surface area contributed by atoms with Gasteiger partial charge in [0, 0.05) is 33.7 Å². The van der Waals surface area contributed by atoms with E-state index in [4.69, 9.17) is 0 Å². The Labute approximate surface area is 156 Å². The molecule has 25 heavy (non-hydrogen) atoms. The molecule has 2 aromatic heterocycles. The molecule has 0 aromatic carbocycles. The molecule has 0 spiro atoms. The summed E-state index contributed by atoms with van der Waals surface area (Å²) in [6.45, 7) is 1.65. The monoisotopic (exact) mass is 389 g/mol. The summed E-state index contributed by atoms with van der Waals surface area (Å²) in [5.41, 5.74) is -0.423. The van der Waals surface area contributed by atoms with Gasteiger partial charge in [-0.2, -0.15) is 0 Å². The van der Waals surface area contributed by atoms with E-state index >= 15 is 0 Å². The summed E-state index contributed by atoms with van der Waals surface area (Å²) in [5.74, 6) is -0.214. The van der Waals surface area contributed by atoms with Crippen molar-refractivity contribution in [2.24, 2.45) is 14.1 Å². The van der Waals surface area contributed by atoms with Gasteiger partial charge < -0.3 is 10.2 Å². The number of carbonyl (C=O) groups is 1. The summed E-state index contributed by atoms with van der Waals surface area (Å²) >= 11 is 0.